The number of nitrogens with one attached hydrogen (secondary N) is 2. The van der Waals surface area contributed by atoms with Gasteiger partial charge >= 0.3 is 0 Å². The van der Waals surface area contributed by atoms with Crippen LogP contribution in [0, 0.1) is 0 Å². The number of piperidine rings is 1. The van der Waals surface area contributed by atoms with Gasteiger partial charge in [0.1, 0.15) is 5.54 Å². The van der Waals surface area contributed by atoms with E-state index in [0.29, 0.717) is 50.4 Å². The van der Waals surface area contributed by atoms with Crippen LogP contribution in [0.15, 0.2) is 42.7 Å². The first-order chi connectivity index (χ1) is 13.7. The van der Waals surface area contributed by atoms with Crippen molar-refractivity contribution in [3.63, 3.8) is 0 Å². The van der Waals surface area contributed by atoms with Crippen LogP contribution in [-0.4, -0.2) is 65.9 Å². The fourth-order valence-corrected chi connectivity index (χ4v) is 3.85. The maximum Gasteiger partial charge on any atom is 0.254 e. The van der Waals surface area contributed by atoms with Crippen molar-refractivity contribution in [3.8, 4) is 0 Å². The monoisotopic (exact) mass is 383 g/mol. The second kappa shape index (κ2) is 8.12. The van der Waals surface area contributed by atoms with Gasteiger partial charge in [-0.05, 0) is 50.2 Å². The Bertz CT molecular complexity index is 824. The third-order valence-electron chi connectivity index (χ3n) is 5.46. The molecule has 1 aromatic carbocycles. The molecule has 2 aromatic rings. The molecule has 1 aromatic heterocycles. The highest BCUT2D eigenvalue weighted by Gasteiger charge is 2.42. The molecule has 0 unspecified atom stereocenters. The van der Waals surface area contributed by atoms with Crippen LogP contribution < -0.4 is 10.6 Å². The molecule has 0 radical (unpaired) electrons. The molecule has 0 atom stereocenters. The molecule has 4 rings (SSSR count). The maximum absolute atomic E-state index is 13.3. The Morgan fingerprint density at radius 3 is 2.64 bits per heavy atom. The van der Waals surface area contributed by atoms with Crippen LogP contribution in [0.5, 0.6) is 0 Å². The van der Waals surface area contributed by atoms with E-state index in [4.69, 9.17) is 4.74 Å². The first-order valence-corrected chi connectivity index (χ1v) is 9.68. The van der Waals surface area contributed by atoms with Gasteiger partial charge < -0.3 is 20.3 Å². The first-order valence-electron chi connectivity index (χ1n) is 9.68. The van der Waals surface area contributed by atoms with Gasteiger partial charge in [-0.2, -0.15) is 5.10 Å². The highest BCUT2D eigenvalue weighted by Crippen LogP contribution is 2.29. The van der Waals surface area contributed by atoms with E-state index < -0.39 is 5.54 Å². The van der Waals surface area contributed by atoms with Crippen LogP contribution in [0.4, 0.5) is 5.69 Å². The molecular weight excluding hydrogens is 358 g/mol. The Hall–Kier alpha value is -2.71. The van der Waals surface area contributed by atoms with Crippen molar-refractivity contribution in [1.29, 1.82) is 0 Å². The van der Waals surface area contributed by atoms with Gasteiger partial charge in [0.2, 0.25) is 0 Å². The van der Waals surface area contributed by atoms with Crippen molar-refractivity contribution in [2.45, 2.75) is 18.4 Å². The van der Waals surface area contributed by atoms with Crippen LogP contribution >= 0.6 is 0 Å². The van der Waals surface area contributed by atoms with Crippen molar-refractivity contribution in [2.24, 2.45) is 0 Å². The summed E-state index contributed by atoms with van der Waals surface area (Å²) in [5.41, 5.74) is 0.464. The predicted molar refractivity (Wildman–Crippen MR) is 104 cm³/mol. The summed E-state index contributed by atoms with van der Waals surface area (Å²) in [6.07, 6.45) is 4.85. The third-order valence-corrected chi connectivity index (χ3v) is 5.46. The number of carbonyl (C=O) groups is 2. The second-order valence-corrected chi connectivity index (χ2v) is 7.17. The molecule has 148 valence electrons. The van der Waals surface area contributed by atoms with Gasteiger partial charge in [-0.1, -0.05) is 6.07 Å². The topological polar surface area (TPSA) is 88.5 Å². The lowest BCUT2D eigenvalue weighted by Gasteiger charge is -2.36. The molecule has 2 aliphatic heterocycles. The van der Waals surface area contributed by atoms with E-state index >= 15 is 0 Å². The maximum atomic E-state index is 13.3. The van der Waals surface area contributed by atoms with E-state index in [1.54, 1.807) is 34.0 Å². The molecule has 28 heavy (non-hydrogen) atoms. The minimum absolute atomic E-state index is 0.0388. The number of aromatic nitrogens is 2. The van der Waals surface area contributed by atoms with Crippen molar-refractivity contribution < 1.29 is 14.3 Å². The Kier molecular flexibility index (Phi) is 5.40. The van der Waals surface area contributed by atoms with Crippen LogP contribution in [0.1, 0.15) is 23.2 Å². The van der Waals surface area contributed by atoms with Gasteiger partial charge in [-0.25, -0.2) is 0 Å². The number of carbonyl (C=O) groups excluding carboxylic acids is 2. The number of ether oxygens (including phenoxy) is 1. The zero-order valence-corrected chi connectivity index (χ0v) is 15.8. The lowest BCUT2D eigenvalue weighted by atomic mass is 9.87. The van der Waals surface area contributed by atoms with Gasteiger partial charge in [0.25, 0.3) is 11.8 Å². The summed E-state index contributed by atoms with van der Waals surface area (Å²) in [5, 5.41) is 10.7. The third kappa shape index (κ3) is 3.65. The normalized spacial score (nSPS) is 19.2. The average molecular weight is 383 g/mol. The summed E-state index contributed by atoms with van der Waals surface area (Å²) < 4.78 is 7.07. The number of rotatable bonds is 4. The Balaban J connectivity index is 1.53. The smallest absolute Gasteiger partial charge is 0.254 e. The second-order valence-electron chi connectivity index (χ2n) is 7.17. The number of hydrogen-bond acceptors (Lipinski definition) is 5. The molecule has 0 saturated carbocycles. The van der Waals surface area contributed by atoms with E-state index in [1.165, 1.54) is 0 Å². The lowest BCUT2D eigenvalue weighted by molar-refractivity contribution is -0.126. The van der Waals surface area contributed by atoms with Crippen LogP contribution in [-0.2, 0) is 15.1 Å². The van der Waals surface area contributed by atoms with Gasteiger partial charge in [-0.3, -0.25) is 14.3 Å². The lowest BCUT2D eigenvalue weighted by Crippen LogP contribution is -2.52. The number of benzene rings is 1. The van der Waals surface area contributed by atoms with E-state index in [-0.39, 0.29) is 11.8 Å². The van der Waals surface area contributed by atoms with Crippen molar-refractivity contribution in [1.82, 2.24) is 20.0 Å². The summed E-state index contributed by atoms with van der Waals surface area (Å²) in [4.78, 5) is 27.8. The molecule has 8 nitrogen and oxygen atoms in total. The zero-order valence-electron chi connectivity index (χ0n) is 15.8. The highest BCUT2D eigenvalue weighted by atomic mass is 16.5. The average Bonchev–Trinajstić information content (AvgIpc) is 3.30. The quantitative estimate of drug-likeness (QED) is 0.825. The molecule has 3 heterocycles. The van der Waals surface area contributed by atoms with E-state index in [2.05, 4.69) is 15.7 Å². The Morgan fingerprint density at radius 2 is 1.93 bits per heavy atom. The molecule has 2 fully saturated rings. The standard InChI is InChI=1S/C20H25N5O3/c26-18(24-11-13-28-14-12-24)16-3-1-4-17(15-16)23-19(27)20(5-8-21-9-6-20)25-10-2-7-22-25/h1-4,7,10,15,21H,5-6,8-9,11-14H2,(H,23,27). The molecule has 2 aliphatic rings. The summed E-state index contributed by atoms with van der Waals surface area (Å²) >= 11 is 0. The minimum Gasteiger partial charge on any atom is -0.378 e. The van der Waals surface area contributed by atoms with E-state index in [1.807, 2.05) is 18.3 Å². The molecule has 0 bridgehead atoms. The molecule has 2 amide bonds. The molecule has 8 heteroatoms. The fourth-order valence-electron chi connectivity index (χ4n) is 3.85. The number of hydrogen-bond donors (Lipinski definition) is 2. The fraction of sp³-hybridized carbons (Fsp3) is 0.450. The van der Waals surface area contributed by atoms with Gasteiger partial charge in [0.05, 0.1) is 13.2 Å². The first kappa shape index (κ1) is 18.6. The number of amides is 2. The SMILES string of the molecule is O=C(c1cccc(NC(=O)C2(n3cccn3)CCNCC2)c1)N1CCOCC1. The van der Waals surface area contributed by atoms with Crippen LogP contribution in [0.2, 0.25) is 0 Å². The summed E-state index contributed by atoms with van der Waals surface area (Å²) in [6, 6.07) is 8.96. The van der Waals surface area contributed by atoms with Crippen LogP contribution in [0.3, 0.4) is 0 Å². The number of morpholine rings is 1. The van der Waals surface area contributed by atoms with Crippen molar-refractivity contribution >= 4 is 17.5 Å². The number of anilines is 1. The molecular formula is C20H25N5O3. The molecule has 2 saturated heterocycles. The molecule has 0 spiro atoms. The number of nitrogens with zero attached hydrogens (tertiary/aromatic N) is 3. The largest absolute Gasteiger partial charge is 0.378 e. The highest BCUT2D eigenvalue weighted by molar-refractivity contribution is 5.99. The predicted octanol–water partition coefficient (Wildman–Crippen LogP) is 1.07. The Morgan fingerprint density at radius 1 is 1.14 bits per heavy atom. The van der Waals surface area contributed by atoms with Gasteiger partial charge in [-0.15, -0.1) is 0 Å². The summed E-state index contributed by atoms with van der Waals surface area (Å²) in [7, 11) is 0. The zero-order chi connectivity index (χ0) is 19.4. The van der Waals surface area contributed by atoms with Crippen molar-refractivity contribution in [3.05, 3.63) is 48.3 Å². The van der Waals surface area contributed by atoms with Gasteiger partial charge in [0, 0.05) is 36.7 Å². The summed E-state index contributed by atoms with van der Waals surface area (Å²) in [5.74, 6) is -0.142. The molecule has 0 aliphatic carbocycles. The summed E-state index contributed by atoms with van der Waals surface area (Å²) in [6.45, 7) is 3.80. The van der Waals surface area contributed by atoms with Crippen molar-refractivity contribution in [2.75, 3.05) is 44.7 Å². The minimum atomic E-state index is -0.723. The van der Waals surface area contributed by atoms with Gasteiger partial charge in [0.15, 0.2) is 0 Å². The van der Waals surface area contributed by atoms with E-state index in [9.17, 15) is 9.59 Å². The van der Waals surface area contributed by atoms with Crippen LogP contribution in [0.25, 0.3) is 0 Å². The van der Waals surface area contributed by atoms with E-state index in [0.717, 1.165) is 13.1 Å². The molecule has 2 N–H and O–H groups in total. The Labute approximate surface area is 163 Å².